The summed E-state index contributed by atoms with van der Waals surface area (Å²) >= 11 is 0. The highest BCUT2D eigenvalue weighted by Crippen LogP contribution is 2.32. The van der Waals surface area contributed by atoms with E-state index in [1.165, 1.54) is 11.1 Å². The lowest BCUT2D eigenvalue weighted by Gasteiger charge is -2.13. The second-order valence-corrected chi connectivity index (χ2v) is 7.11. The van der Waals surface area contributed by atoms with Crippen molar-refractivity contribution in [1.29, 1.82) is 0 Å². The van der Waals surface area contributed by atoms with Crippen molar-refractivity contribution in [2.75, 3.05) is 6.61 Å². The Labute approximate surface area is 193 Å². The Kier molecular flexibility index (Phi) is 8.19. The molecular weight excluding hydrogens is 426 g/mol. The fraction of sp³-hybridized carbons (Fsp3) is 0.208. The number of rotatable bonds is 9. The van der Waals surface area contributed by atoms with Crippen molar-refractivity contribution < 1.29 is 9.47 Å². The van der Waals surface area contributed by atoms with Crippen molar-refractivity contribution in [3.8, 4) is 23.2 Å². The van der Waals surface area contributed by atoms with Gasteiger partial charge in [0.2, 0.25) is 0 Å². The smallest absolute Gasteiger partial charge is 0.346 e. The van der Waals surface area contributed by atoms with E-state index in [1.54, 1.807) is 4.68 Å². The summed E-state index contributed by atoms with van der Waals surface area (Å²) in [4.78, 5) is 0. The minimum atomic E-state index is 0. The number of nitrogens with one attached hydrogen (secondary N) is 1. The molecule has 3 aromatic carbocycles. The van der Waals surface area contributed by atoms with Crippen LogP contribution in [-0.4, -0.2) is 26.8 Å². The van der Waals surface area contributed by atoms with Gasteiger partial charge in [-0.3, -0.25) is 0 Å². The van der Waals surface area contributed by atoms with E-state index < -0.39 is 0 Å². The number of hydrogen-bond acceptors (Lipinski definition) is 6. The van der Waals surface area contributed by atoms with Crippen LogP contribution in [0.25, 0.3) is 5.69 Å². The number of hydrogen-bond donors (Lipinski definition) is 1. The number of nitrogens with zero attached hydrogens (tertiary/aromatic N) is 4. The Hall–Kier alpha value is -3.42. The minimum Gasteiger partial charge on any atom is -0.490 e. The van der Waals surface area contributed by atoms with E-state index in [9.17, 15) is 0 Å². The van der Waals surface area contributed by atoms with Gasteiger partial charge < -0.3 is 14.8 Å². The number of tetrazole rings is 1. The lowest BCUT2D eigenvalue weighted by Crippen LogP contribution is -2.12. The predicted molar refractivity (Wildman–Crippen MR) is 126 cm³/mol. The Morgan fingerprint density at radius 2 is 1.59 bits per heavy atom. The van der Waals surface area contributed by atoms with Crippen molar-refractivity contribution >= 4 is 12.4 Å². The van der Waals surface area contributed by atoms with Gasteiger partial charge in [-0.25, -0.2) is 0 Å². The van der Waals surface area contributed by atoms with E-state index in [-0.39, 0.29) is 18.4 Å². The standard InChI is InChI=1S/C24H25N5O2.ClH/c1-3-30-23-15-20(17-25-16-19-11-9-18(2)10-12-19)13-14-22(23)31-24-26-27-28-29(24)21-7-5-4-6-8-21;/h4-15,25H,3,16-17H2,1-2H3;1H. The monoisotopic (exact) mass is 451 g/mol. The van der Waals surface area contributed by atoms with Crippen LogP contribution in [0.1, 0.15) is 23.6 Å². The summed E-state index contributed by atoms with van der Waals surface area (Å²) < 4.78 is 13.4. The van der Waals surface area contributed by atoms with Gasteiger partial charge in [0, 0.05) is 13.1 Å². The van der Waals surface area contributed by atoms with Gasteiger partial charge in [0.05, 0.1) is 12.3 Å². The molecule has 0 radical (unpaired) electrons. The molecule has 0 amide bonds. The summed E-state index contributed by atoms with van der Waals surface area (Å²) in [7, 11) is 0. The quantitative estimate of drug-likeness (QED) is 0.391. The SMILES string of the molecule is CCOc1cc(CNCc2ccc(C)cc2)ccc1Oc1nnnn1-c1ccccc1.Cl. The molecule has 1 heterocycles. The van der Waals surface area contributed by atoms with Crippen LogP contribution in [-0.2, 0) is 13.1 Å². The number of para-hydroxylation sites is 1. The lowest BCUT2D eigenvalue weighted by molar-refractivity contribution is 0.315. The average molecular weight is 452 g/mol. The minimum absolute atomic E-state index is 0. The van der Waals surface area contributed by atoms with Crippen LogP contribution in [0, 0.1) is 6.92 Å². The van der Waals surface area contributed by atoms with Crippen molar-refractivity contribution in [1.82, 2.24) is 25.5 Å². The molecule has 0 fully saturated rings. The van der Waals surface area contributed by atoms with Gasteiger partial charge in [-0.05, 0) is 59.7 Å². The molecule has 1 N–H and O–H groups in total. The molecule has 0 saturated heterocycles. The molecule has 0 bridgehead atoms. The van der Waals surface area contributed by atoms with Gasteiger partial charge in [-0.2, -0.15) is 4.68 Å². The summed E-state index contributed by atoms with van der Waals surface area (Å²) in [6, 6.07) is 24.3. The van der Waals surface area contributed by atoms with Crippen molar-refractivity contribution in [2.24, 2.45) is 0 Å². The molecule has 32 heavy (non-hydrogen) atoms. The molecule has 4 aromatic rings. The maximum atomic E-state index is 6.01. The van der Waals surface area contributed by atoms with Gasteiger partial charge in [0.1, 0.15) is 0 Å². The molecule has 0 atom stereocenters. The van der Waals surface area contributed by atoms with Crippen molar-refractivity contribution in [2.45, 2.75) is 26.9 Å². The topological polar surface area (TPSA) is 74.1 Å². The zero-order valence-corrected chi connectivity index (χ0v) is 18.9. The summed E-state index contributed by atoms with van der Waals surface area (Å²) in [5.41, 5.74) is 4.44. The van der Waals surface area contributed by atoms with E-state index in [1.807, 2.05) is 55.5 Å². The predicted octanol–water partition coefficient (Wildman–Crippen LogP) is 4.87. The third-order valence-electron chi connectivity index (χ3n) is 4.73. The summed E-state index contributed by atoms with van der Waals surface area (Å²) in [6.45, 7) is 6.08. The second kappa shape index (κ2) is 11.3. The van der Waals surface area contributed by atoms with Crippen LogP contribution in [0.5, 0.6) is 17.5 Å². The molecule has 0 unspecified atom stereocenters. The first kappa shape index (κ1) is 23.2. The fourth-order valence-electron chi connectivity index (χ4n) is 3.14. The molecule has 0 aliphatic heterocycles. The average Bonchev–Trinajstić information content (AvgIpc) is 3.26. The number of aromatic nitrogens is 4. The summed E-state index contributed by atoms with van der Waals surface area (Å²) in [5.74, 6) is 1.22. The molecular formula is C24H26ClN5O2. The zero-order chi connectivity index (χ0) is 21.5. The third-order valence-corrected chi connectivity index (χ3v) is 4.73. The van der Waals surface area contributed by atoms with E-state index in [0.29, 0.717) is 18.1 Å². The van der Waals surface area contributed by atoms with Gasteiger partial charge in [-0.15, -0.1) is 12.4 Å². The van der Waals surface area contributed by atoms with E-state index in [0.717, 1.165) is 24.3 Å². The molecule has 0 aliphatic carbocycles. The van der Waals surface area contributed by atoms with Crippen LogP contribution in [0.2, 0.25) is 0 Å². The van der Waals surface area contributed by atoms with Crippen LogP contribution in [0.4, 0.5) is 0 Å². The molecule has 0 aliphatic rings. The molecule has 0 spiro atoms. The molecule has 1 aromatic heterocycles. The Morgan fingerprint density at radius 1 is 0.875 bits per heavy atom. The Bertz CT molecular complexity index is 1120. The highest BCUT2D eigenvalue weighted by atomic mass is 35.5. The lowest BCUT2D eigenvalue weighted by atomic mass is 10.1. The van der Waals surface area contributed by atoms with Gasteiger partial charge in [-0.1, -0.05) is 59.2 Å². The highest BCUT2D eigenvalue weighted by molar-refractivity contribution is 5.85. The van der Waals surface area contributed by atoms with Crippen LogP contribution in [0.3, 0.4) is 0 Å². The van der Waals surface area contributed by atoms with E-state index in [4.69, 9.17) is 9.47 Å². The maximum Gasteiger partial charge on any atom is 0.346 e. The largest absolute Gasteiger partial charge is 0.490 e. The first-order valence-electron chi connectivity index (χ1n) is 10.3. The molecule has 4 rings (SSSR count). The fourth-order valence-corrected chi connectivity index (χ4v) is 3.14. The summed E-state index contributed by atoms with van der Waals surface area (Å²) in [6.07, 6.45) is 0. The first-order valence-corrected chi connectivity index (χ1v) is 10.3. The molecule has 166 valence electrons. The van der Waals surface area contributed by atoms with Crippen LogP contribution in [0.15, 0.2) is 72.8 Å². The maximum absolute atomic E-state index is 6.01. The van der Waals surface area contributed by atoms with Crippen LogP contribution < -0.4 is 14.8 Å². The van der Waals surface area contributed by atoms with Gasteiger partial charge >= 0.3 is 6.01 Å². The Morgan fingerprint density at radius 3 is 2.34 bits per heavy atom. The number of benzene rings is 3. The molecule has 8 heteroatoms. The number of aryl methyl sites for hydroxylation is 1. The normalized spacial score (nSPS) is 10.4. The first-order chi connectivity index (χ1) is 15.2. The van der Waals surface area contributed by atoms with Gasteiger partial charge in [0.15, 0.2) is 11.5 Å². The van der Waals surface area contributed by atoms with E-state index >= 15 is 0 Å². The third kappa shape index (κ3) is 5.84. The number of halogens is 1. The Balaban J connectivity index is 0.00000289. The zero-order valence-electron chi connectivity index (χ0n) is 18.1. The van der Waals surface area contributed by atoms with Crippen molar-refractivity contribution in [3.63, 3.8) is 0 Å². The van der Waals surface area contributed by atoms with Crippen LogP contribution >= 0.6 is 12.4 Å². The second-order valence-electron chi connectivity index (χ2n) is 7.11. The van der Waals surface area contributed by atoms with E-state index in [2.05, 4.69) is 52.0 Å². The molecule has 7 nitrogen and oxygen atoms in total. The van der Waals surface area contributed by atoms with Gasteiger partial charge in [0.25, 0.3) is 0 Å². The summed E-state index contributed by atoms with van der Waals surface area (Å²) in [5, 5.41) is 15.3. The molecule has 0 saturated carbocycles. The van der Waals surface area contributed by atoms with Crippen molar-refractivity contribution in [3.05, 3.63) is 89.5 Å². The number of ether oxygens (including phenoxy) is 2. The highest BCUT2D eigenvalue weighted by Gasteiger charge is 2.14.